The van der Waals surface area contributed by atoms with Crippen LogP contribution < -0.4 is 15.6 Å². The highest BCUT2D eigenvalue weighted by molar-refractivity contribution is 8.00. The molecule has 1 atom stereocenters. The summed E-state index contributed by atoms with van der Waals surface area (Å²) in [5, 5.41) is 3.23. The zero-order valence-corrected chi connectivity index (χ0v) is 13.5. The molecule has 2 rings (SSSR count). The Bertz CT molecular complexity index is 718. The molecule has 8 heteroatoms. The minimum absolute atomic E-state index is 0.205. The molecular formula is C14H14ClN3O3S. The number of H-pyrrole nitrogens is 1. The first kappa shape index (κ1) is 16.4. The number of halogens is 1. The van der Waals surface area contributed by atoms with Gasteiger partial charge in [-0.25, -0.2) is 0 Å². The van der Waals surface area contributed by atoms with Gasteiger partial charge in [0.2, 0.25) is 11.8 Å². The molecule has 116 valence electrons. The molecule has 1 aromatic carbocycles. The molecule has 1 amide bonds. The Morgan fingerprint density at radius 1 is 1.41 bits per heavy atom. The van der Waals surface area contributed by atoms with Crippen LogP contribution in [0.5, 0.6) is 5.88 Å². The number of nitrogens with one attached hydrogen (secondary N) is 2. The predicted octanol–water partition coefficient (Wildman–Crippen LogP) is 2.55. The lowest BCUT2D eigenvalue weighted by atomic mass is 10.3. The lowest BCUT2D eigenvalue weighted by molar-refractivity contribution is -0.115. The standard InChI is InChI=1S/C14H14ClN3O3S/c1-8(13(20)16-10-5-3-9(15)4-6-10)22-14-17-11(19)7-12(18-14)21-2/h3-8H,1-2H3,(H,16,20)(H,17,18,19)/t8-/m0/s1. The number of aromatic amines is 1. The van der Waals surface area contributed by atoms with Crippen molar-refractivity contribution in [1.29, 1.82) is 0 Å². The highest BCUT2D eigenvalue weighted by Gasteiger charge is 2.16. The molecule has 1 heterocycles. The van der Waals surface area contributed by atoms with Crippen LogP contribution in [0.3, 0.4) is 0 Å². The van der Waals surface area contributed by atoms with Gasteiger partial charge in [-0.05, 0) is 31.2 Å². The second-order valence-corrected chi connectivity index (χ2v) is 6.12. The summed E-state index contributed by atoms with van der Waals surface area (Å²) in [7, 11) is 1.42. The molecule has 0 radical (unpaired) electrons. The number of ether oxygens (including phenoxy) is 1. The van der Waals surface area contributed by atoms with Crippen LogP contribution in [0, 0.1) is 0 Å². The van der Waals surface area contributed by atoms with Gasteiger partial charge < -0.3 is 15.0 Å². The third kappa shape index (κ3) is 4.51. The maximum atomic E-state index is 12.1. The molecule has 6 nitrogen and oxygen atoms in total. The summed E-state index contributed by atoms with van der Waals surface area (Å²) in [6.07, 6.45) is 0. The molecule has 2 N–H and O–H groups in total. The van der Waals surface area contributed by atoms with E-state index in [1.165, 1.54) is 13.2 Å². The SMILES string of the molecule is COc1cc(=O)[nH]c(S[C@@H](C)C(=O)Nc2ccc(Cl)cc2)n1. The van der Waals surface area contributed by atoms with E-state index in [1.807, 2.05) is 0 Å². The minimum Gasteiger partial charge on any atom is -0.481 e. The second-order valence-electron chi connectivity index (χ2n) is 4.35. The van der Waals surface area contributed by atoms with Crippen LogP contribution in [0.1, 0.15) is 6.92 Å². The molecule has 1 aromatic heterocycles. The number of nitrogens with zero attached hydrogens (tertiary/aromatic N) is 1. The highest BCUT2D eigenvalue weighted by Crippen LogP contribution is 2.21. The van der Waals surface area contributed by atoms with Crippen molar-refractivity contribution < 1.29 is 9.53 Å². The largest absolute Gasteiger partial charge is 0.481 e. The summed E-state index contributed by atoms with van der Waals surface area (Å²) in [6.45, 7) is 1.72. The number of hydrogen-bond donors (Lipinski definition) is 2. The lowest BCUT2D eigenvalue weighted by Crippen LogP contribution is -2.23. The summed E-state index contributed by atoms with van der Waals surface area (Å²) < 4.78 is 4.93. The fourth-order valence-corrected chi connectivity index (χ4v) is 2.50. The van der Waals surface area contributed by atoms with Gasteiger partial charge in [-0.3, -0.25) is 9.59 Å². The minimum atomic E-state index is -0.453. The van der Waals surface area contributed by atoms with Gasteiger partial charge in [-0.15, -0.1) is 0 Å². The van der Waals surface area contributed by atoms with Crippen molar-refractivity contribution in [1.82, 2.24) is 9.97 Å². The molecule has 0 aliphatic carbocycles. The van der Waals surface area contributed by atoms with Crippen molar-refractivity contribution in [2.75, 3.05) is 12.4 Å². The zero-order valence-electron chi connectivity index (χ0n) is 11.9. The lowest BCUT2D eigenvalue weighted by Gasteiger charge is -2.11. The van der Waals surface area contributed by atoms with Crippen LogP contribution in [-0.4, -0.2) is 28.2 Å². The van der Waals surface area contributed by atoms with Crippen LogP contribution in [0.4, 0.5) is 5.69 Å². The Balaban J connectivity index is 2.03. The van der Waals surface area contributed by atoms with Crippen LogP contribution in [0.15, 0.2) is 40.3 Å². The quantitative estimate of drug-likeness (QED) is 0.646. The molecule has 0 saturated carbocycles. The smallest absolute Gasteiger partial charge is 0.255 e. The van der Waals surface area contributed by atoms with Gasteiger partial charge in [-0.1, -0.05) is 23.4 Å². The number of thioether (sulfide) groups is 1. The van der Waals surface area contributed by atoms with E-state index < -0.39 is 5.25 Å². The molecule has 0 fully saturated rings. The van der Waals surface area contributed by atoms with Gasteiger partial charge in [0.15, 0.2) is 5.16 Å². The van der Waals surface area contributed by atoms with Crippen molar-refractivity contribution in [3.05, 3.63) is 45.7 Å². The van der Waals surface area contributed by atoms with E-state index in [2.05, 4.69) is 15.3 Å². The van der Waals surface area contributed by atoms with Gasteiger partial charge in [0.05, 0.1) is 18.4 Å². The molecule has 2 aromatic rings. The summed E-state index contributed by atoms with van der Waals surface area (Å²) in [5.74, 6) is -0.00523. The number of carbonyl (C=O) groups is 1. The average Bonchev–Trinajstić information content (AvgIpc) is 2.48. The van der Waals surface area contributed by atoms with Gasteiger partial charge in [0, 0.05) is 10.7 Å². The number of carbonyl (C=O) groups excluding carboxylic acids is 1. The van der Waals surface area contributed by atoms with Crippen LogP contribution in [0.25, 0.3) is 0 Å². The summed E-state index contributed by atoms with van der Waals surface area (Å²) >= 11 is 6.92. The van der Waals surface area contributed by atoms with Gasteiger partial charge in [-0.2, -0.15) is 4.98 Å². The molecule has 0 spiro atoms. The van der Waals surface area contributed by atoms with Crippen LogP contribution >= 0.6 is 23.4 Å². The predicted molar refractivity (Wildman–Crippen MR) is 86.8 cm³/mol. The molecule has 0 bridgehead atoms. The number of methoxy groups -OCH3 is 1. The van der Waals surface area contributed by atoms with Crippen molar-refractivity contribution in [3.8, 4) is 5.88 Å². The summed E-state index contributed by atoms with van der Waals surface area (Å²) in [4.78, 5) is 30.2. The number of rotatable bonds is 5. The fourth-order valence-electron chi connectivity index (χ4n) is 1.57. The third-order valence-electron chi connectivity index (χ3n) is 2.67. The maximum Gasteiger partial charge on any atom is 0.255 e. The molecule has 0 saturated heterocycles. The van der Waals surface area contributed by atoms with Crippen LogP contribution in [-0.2, 0) is 4.79 Å². The number of amides is 1. The van der Waals surface area contributed by atoms with Crippen molar-refractivity contribution in [3.63, 3.8) is 0 Å². The third-order valence-corrected chi connectivity index (χ3v) is 3.91. The van der Waals surface area contributed by atoms with Crippen LogP contribution in [0.2, 0.25) is 5.02 Å². The van der Waals surface area contributed by atoms with E-state index in [0.717, 1.165) is 11.8 Å². The number of benzene rings is 1. The number of anilines is 1. The van der Waals surface area contributed by atoms with Gasteiger partial charge in [0.1, 0.15) is 0 Å². The topological polar surface area (TPSA) is 84.1 Å². The van der Waals surface area contributed by atoms with Gasteiger partial charge >= 0.3 is 0 Å². The summed E-state index contributed by atoms with van der Waals surface area (Å²) in [5.41, 5.74) is 0.314. The molecule has 0 unspecified atom stereocenters. The Morgan fingerprint density at radius 3 is 2.73 bits per heavy atom. The van der Waals surface area contributed by atoms with Gasteiger partial charge in [0.25, 0.3) is 5.56 Å². The Hall–Kier alpha value is -1.99. The monoisotopic (exact) mass is 339 g/mol. The number of hydrogen-bond acceptors (Lipinski definition) is 5. The van der Waals surface area contributed by atoms with E-state index in [4.69, 9.17) is 16.3 Å². The first-order chi connectivity index (χ1) is 10.5. The van der Waals surface area contributed by atoms with E-state index in [0.29, 0.717) is 15.9 Å². The van der Waals surface area contributed by atoms with Crippen molar-refractivity contribution >= 4 is 35.0 Å². The molecule has 0 aliphatic heterocycles. The maximum absolute atomic E-state index is 12.1. The highest BCUT2D eigenvalue weighted by atomic mass is 35.5. The summed E-state index contributed by atoms with van der Waals surface area (Å²) in [6, 6.07) is 8.04. The normalized spacial score (nSPS) is 11.8. The van der Waals surface area contributed by atoms with E-state index in [9.17, 15) is 9.59 Å². The Labute approximate surface area is 136 Å². The average molecular weight is 340 g/mol. The molecule has 22 heavy (non-hydrogen) atoms. The molecular weight excluding hydrogens is 326 g/mol. The fraction of sp³-hybridized carbons (Fsp3) is 0.214. The Kier molecular flexibility index (Phi) is 5.46. The van der Waals surface area contributed by atoms with E-state index in [-0.39, 0.29) is 17.3 Å². The second kappa shape index (κ2) is 7.33. The molecule has 0 aliphatic rings. The van der Waals surface area contributed by atoms with E-state index in [1.54, 1.807) is 31.2 Å². The van der Waals surface area contributed by atoms with Crippen molar-refractivity contribution in [2.45, 2.75) is 17.3 Å². The first-order valence-electron chi connectivity index (χ1n) is 6.36. The van der Waals surface area contributed by atoms with E-state index >= 15 is 0 Å². The van der Waals surface area contributed by atoms with Crippen molar-refractivity contribution in [2.24, 2.45) is 0 Å². The number of aromatic nitrogens is 2. The first-order valence-corrected chi connectivity index (χ1v) is 7.62. The Morgan fingerprint density at radius 2 is 2.09 bits per heavy atom. The zero-order chi connectivity index (χ0) is 16.1.